The number of ether oxygens (including phenoxy) is 1. The summed E-state index contributed by atoms with van der Waals surface area (Å²) in [6.07, 6.45) is 7.46. The van der Waals surface area contributed by atoms with E-state index in [9.17, 15) is 0 Å². The fraction of sp³-hybridized carbons (Fsp3) is 0.312. The molecule has 0 radical (unpaired) electrons. The Balaban J connectivity index is 1.81. The van der Waals surface area contributed by atoms with Crippen LogP contribution in [0, 0.1) is 5.41 Å². The van der Waals surface area contributed by atoms with Gasteiger partial charge in [0.1, 0.15) is 0 Å². The summed E-state index contributed by atoms with van der Waals surface area (Å²) in [6.45, 7) is 9.40. The van der Waals surface area contributed by atoms with E-state index in [1.807, 2.05) is 6.07 Å². The van der Waals surface area contributed by atoms with Gasteiger partial charge in [-0.2, -0.15) is 0 Å². The zero-order chi connectivity index (χ0) is 25.2. The molecule has 35 heavy (non-hydrogen) atoms. The molecule has 3 heteroatoms. The molecule has 0 heterocycles. The van der Waals surface area contributed by atoms with Crippen molar-refractivity contribution in [3.8, 4) is 28.0 Å². The summed E-state index contributed by atoms with van der Waals surface area (Å²) >= 11 is 3.89. The van der Waals surface area contributed by atoms with Crippen molar-refractivity contribution in [2.24, 2.45) is 5.41 Å². The predicted octanol–water partition coefficient (Wildman–Crippen LogP) is 10.1. The van der Waals surface area contributed by atoms with Gasteiger partial charge in [-0.25, -0.2) is 0 Å². The molecule has 0 saturated carbocycles. The molecule has 0 aromatic heterocycles. The molecular formula is C32H35ClOTi. The van der Waals surface area contributed by atoms with Crippen LogP contribution in [0.4, 0.5) is 0 Å². The van der Waals surface area contributed by atoms with Crippen LogP contribution < -0.4 is 4.74 Å². The molecule has 2 unspecified atom stereocenters. The van der Waals surface area contributed by atoms with E-state index in [1.165, 1.54) is 39.0 Å². The zero-order valence-corrected chi connectivity index (χ0v) is 24.2. The van der Waals surface area contributed by atoms with Gasteiger partial charge in [-0.15, -0.1) is 0 Å². The molecule has 2 aliphatic carbocycles. The molecule has 0 fully saturated rings. The van der Waals surface area contributed by atoms with E-state index in [0.29, 0.717) is 4.22 Å². The summed E-state index contributed by atoms with van der Waals surface area (Å²) < 4.78 is 6.36. The Morgan fingerprint density at radius 3 is 2.26 bits per heavy atom. The average molecular weight is 519 g/mol. The summed E-state index contributed by atoms with van der Waals surface area (Å²) in [5, 5.41) is 6.01. The zero-order valence-electron chi connectivity index (χ0n) is 21.9. The molecule has 3 aromatic carbocycles. The number of rotatable bonds is 4. The van der Waals surface area contributed by atoms with Crippen LogP contribution in [0.5, 0.6) is 5.75 Å². The summed E-state index contributed by atoms with van der Waals surface area (Å²) in [7, 11) is 1.78. The number of hydrogen-bond donors (Lipinski definition) is 0. The normalized spacial score (nSPS) is 21.0. The van der Waals surface area contributed by atoms with Crippen molar-refractivity contribution < 1.29 is 21.3 Å². The molecular weight excluding hydrogens is 484 g/mol. The summed E-state index contributed by atoms with van der Waals surface area (Å²) in [6, 6.07) is 21.6. The van der Waals surface area contributed by atoms with E-state index < -0.39 is 16.6 Å². The summed E-state index contributed by atoms with van der Waals surface area (Å²) in [5.74, 6) is 0.946. The molecule has 0 spiro atoms. The van der Waals surface area contributed by atoms with Crippen LogP contribution in [-0.2, 0) is 16.6 Å². The standard InChI is InChI=1S/C20H14ClO.C10H15.2CH3.Ti/c1-22-19-10-9-16(13-5-3-2-4-6-13)18-12-14-11-15(21)7-8-17(14)20(18)19;1-8-5-6-9(7-8)10(2,3)4;;;/h2-12H,1H3;5-7H,1-4H3;2*1H3;. The topological polar surface area (TPSA) is 9.23 Å². The molecule has 0 aliphatic heterocycles. The van der Waals surface area contributed by atoms with E-state index in [2.05, 4.69) is 111 Å². The second-order valence-corrected chi connectivity index (χ2v) is 20.2. The molecule has 5 rings (SSSR count). The number of fused-ring (bicyclic) bond motifs is 3. The molecule has 2 aliphatic rings. The maximum absolute atomic E-state index is 6.65. The minimum absolute atomic E-state index is 0.0610. The van der Waals surface area contributed by atoms with Crippen molar-refractivity contribution in [1.29, 1.82) is 0 Å². The van der Waals surface area contributed by atoms with E-state index >= 15 is 0 Å². The van der Waals surface area contributed by atoms with Crippen LogP contribution in [0.15, 0.2) is 84.5 Å². The number of allylic oxidation sites excluding steroid dienone is 4. The van der Waals surface area contributed by atoms with Gasteiger partial charge in [0.05, 0.1) is 0 Å². The molecule has 0 N–H and O–H groups in total. The molecule has 180 valence electrons. The Morgan fingerprint density at radius 2 is 1.63 bits per heavy atom. The van der Waals surface area contributed by atoms with Gasteiger partial charge in [0.25, 0.3) is 0 Å². The van der Waals surface area contributed by atoms with Crippen LogP contribution in [0.2, 0.25) is 19.2 Å². The first kappa shape index (κ1) is 24.6. The molecule has 3 aromatic rings. The Morgan fingerprint density at radius 1 is 0.943 bits per heavy atom. The first-order valence-electron chi connectivity index (χ1n) is 12.5. The molecule has 1 nitrogen and oxygen atoms in total. The van der Waals surface area contributed by atoms with E-state index in [0.717, 1.165) is 10.8 Å². The SMILES string of the molecule is COc1ccc(-c2ccccc2)c2c1-c1ccc(Cl)cc1[CH]2[Ti]([CH3])([CH3])[C]1(C)C=CC(C(C)(C)C)=C1. The van der Waals surface area contributed by atoms with Gasteiger partial charge in [-0.1, -0.05) is 0 Å². The van der Waals surface area contributed by atoms with Crippen molar-refractivity contribution in [3.05, 3.63) is 101 Å². The van der Waals surface area contributed by atoms with Gasteiger partial charge in [0, 0.05) is 0 Å². The molecule has 0 saturated heterocycles. The minimum atomic E-state index is -2.76. The number of methoxy groups -OCH3 is 1. The van der Waals surface area contributed by atoms with Gasteiger partial charge >= 0.3 is 220 Å². The number of halogens is 1. The second-order valence-electron chi connectivity index (χ2n) is 11.8. The third-order valence-electron chi connectivity index (χ3n) is 8.44. The van der Waals surface area contributed by atoms with E-state index in [-0.39, 0.29) is 9.13 Å². The van der Waals surface area contributed by atoms with E-state index in [4.69, 9.17) is 16.3 Å². The van der Waals surface area contributed by atoms with Gasteiger partial charge < -0.3 is 0 Å². The fourth-order valence-corrected chi connectivity index (χ4v) is 11.9. The number of hydrogen-bond acceptors (Lipinski definition) is 1. The van der Waals surface area contributed by atoms with Gasteiger partial charge in [0.15, 0.2) is 0 Å². The number of benzene rings is 3. The quantitative estimate of drug-likeness (QED) is 0.312. The Labute approximate surface area is 219 Å². The Hall–Kier alpha value is -2.06. The second kappa shape index (κ2) is 8.51. The maximum atomic E-state index is 6.65. The third kappa shape index (κ3) is 3.88. The van der Waals surface area contributed by atoms with Crippen molar-refractivity contribution in [2.45, 2.75) is 46.1 Å². The fourth-order valence-electron chi connectivity index (χ4n) is 5.98. The first-order valence-corrected chi connectivity index (χ1v) is 17.6. The summed E-state index contributed by atoms with van der Waals surface area (Å²) in [4.78, 5) is 0. The average Bonchev–Trinajstić information content (AvgIpc) is 3.39. The van der Waals surface area contributed by atoms with Gasteiger partial charge in [-0.05, 0) is 0 Å². The van der Waals surface area contributed by atoms with Crippen LogP contribution in [0.25, 0.3) is 22.3 Å². The van der Waals surface area contributed by atoms with Crippen LogP contribution >= 0.6 is 11.6 Å². The van der Waals surface area contributed by atoms with Gasteiger partial charge in [-0.3, -0.25) is 0 Å². The monoisotopic (exact) mass is 518 g/mol. The van der Waals surface area contributed by atoms with Gasteiger partial charge in [0.2, 0.25) is 0 Å². The molecule has 0 amide bonds. The van der Waals surface area contributed by atoms with Crippen LogP contribution in [-0.4, -0.2) is 7.11 Å². The van der Waals surface area contributed by atoms with E-state index in [1.54, 1.807) is 7.11 Å². The van der Waals surface area contributed by atoms with Crippen molar-refractivity contribution in [2.75, 3.05) is 7.11 Å². The molecule has 2 atom stereocenters. The van der Waals surface area contributed by atoms with Crippen molar-refractivity contribution >= 4 is 11.6 Å². The predicted molar refractivity (Wildman–Crippen MR) is 147 cm³/mol. The van der Waals surface area contributed by atoms with Crippen molar-refractivity contribution in [3.63, 3.8) is 0 Å². The summed E-state index contributed by atoms with van der Waals surface area (Å²) in [5.41, 5.74) is 9.45. The molecule has 0 bridgehead atoms. The Kier molecular flexibility index (Phi) is 5.99. The Bertz CT molecular complexity index is 1360. The van der Waals surface area contributed by atoms with Crippen LogP contribution in [0.1, 0.15) is 43.0 Å². The van der Waals surface area contributed by atoms with Crippen molar-refractivity contribution in [1.82, 2.24) is 0 Å². The first-order chi connectivity index (χ1) is 16.5. The third-order valence-corrected chi connectivity index (χ3v) is 16.7. The van der Waals surface area contributed by atoms with Crippen LogP contribution in [0.3, 0.4) is 0 Å².